The molecule has 0 aromatic carbocycles. The van der Waals surface area contributed by atoms with Gasteiger partial charge in [-0.15, -0.1) is 5.10 Å². The number of fused-ring (bicyclic) bond motifs is 1. The van der Waals surface area contributed by atoms with E-state index in [4.69, 9.17) is 4.74 Å². The lowest BCUT2D eigenvalue weighted by Crippen LogP contribution is -2.36. The van der Waals surface area contributed by atoms with Gasteiger partial charge in [0.25, 0.3) is 5.78 Å². The summed E-state index contributed by atoms with van der Waals surface area (Å²) in [5.41, 5.74) is 1.53. The highest BCUT2D eigenvalue weighted by molar-refractivity contribution is 7.99. The Kier molecular flexibility index (Phi) is 4.02. The molecule has 1 aliphatic rings. The molecule has 5 nitrogen and oxygen atoms in total. The van der Waals surface area contributed by atoms with Crippen molar-refractivity contribution in [1.82, 2.24) is 19.6 Å². The average Bonchev–Trinajstić information content (AvgIpc) is 3.02. The first-order valence-electron chi connectivity index (χ1n) is 6.90. The van der Waals surface area contributed by atoms with Crippen molar-refractivity contribution in [2.45, 2.75) is 49.4 Å². The van der Waals surface area contributed by atoms with E-state index < -0.39 is 17.5 Å². The molecule has 1 fully saturated rings. The van der Waals surface area contributed by atoms with Crippen LogP contribution in [0.15, 0.2) is 11.2 Å². The highest BCUT2D eigenvalue weighted by atomic mass is 32.2. The number of nitrogens with zero attached hydrogens (tertiary/aromatic N) is 4. The molecule has 120 valence electrons. The molecule has 2 aromatic rings. The Balaban J connectivity index is 1.91. The number of ether oxygens (including phenoxy) is 1. The maximum absolute atomic E-state index is 13.3. The van der Waals surface area contributed by atoms with Crippen molar-refractivity contribution in [3.63, 3.8) is 0 Å². The second-order valence-electron chi connectivity index (χ2n) is 5.28. The van der Waals surface area contributed by atoms with Crippen molar-refractivity contribution in [1.29, 1.82) is 0 Å². The third-order valence-electron chi connectivity index (χ3n) is 3.46. The standard InChI is InChI=1S/C13H15F3N4OS/c1-7-6-8(2)20-11(17-7)18-12(19-20)22-10(13(14,15)16)9-4-3-5-21-9/h6,9-10H,3-5H2,1-2H3/t9-,10+/m0/s1. The van der Waals surface area contributed by atoms with Crippen molar-refractivity contribution in [2.75, 3.05) is 6.61 Å². The second kappa shape index (κ2) is 5.69. The van der Waals surface area contributed by atoms with Crippen LogP contribution >= 0.6 is 11.8 Å². The Morgan fingerprint density at radius 1 is 1.36 bits per heavy atom. The fourth-order valence-corrected chi connectivity index (χ4v) is 3.50. The van der Waals surface area contributed by atoms with Crippen molar-refractivity contribution in [3.05, 3.63) is 17.5 Å². The summed E-state index contributed by atoms with van der Waals surface area (Å²) in [4.78, 5) is 8.29. The Labute approximate surface area is 129 Å². The van der Waals surface area contributed by atoms with Crippen LogP contribution < -0.4 is 0 Å². The monoisotopic (exact) mass is 332 g/mol. The van der Waals surface area contributed by atoms with Gasteiger partial charge in [-0.05, 0) is 32.8 Å². The number of hydrogen-bond acceptors (Lipinski definition) is 5. The number of aryl methyl sites for hydroxylation is 2. The van der Waals surface area contributed by atoms with Crippen molar-refractivity contribution < 1.29 is 17.9 Å². The Hall–Kier alpha value is -1.35. The van der Waals surface area contributed by atoms with Crippen LogP contribution in [-0.4, -0.2) is 43.7 Å². The number of aromatic nitrogens is 4. The van der Waals surface area contributed by atoms with Gasteiger partial charge in [-0.25, -0.2) is 9.50 Å². The van der Waals surface area contributed by atoms with E-state index in [0.29, 0.717) is 37.0 Å². The van der Waals surface area contributed by atoms with Gasteiger partial charge in [0.05, 0.1) is 6.10 Å². The molecule has 9 heteroatoms. The van der Waals surface area contributed by atoms with Crippen molar-refractivity contribution >= 4 is 17.5 Å². The van der Waals surface area contributed by atoms with Crippen LogP contribution in [-0.2, 0) is 4.74 Å². The smallest absolute Gasteiger partial charge is 0.377 e. The molecular formula is C13H15F3N4OS. The van der Waals surface area contributed by atoms with Crippen LogP contribution in [0.3, 0.4) is 0 Å². The van der Waals surface area contributed by atoms with E-state index in [1.165, 1.54) is 4.52 Å². The molecule has 3 rings (SSSR count). The van der Waals surface area contributed by atoms with Gasteiger partial charge in [0, 0.05) is 18.0 Å². The highest BCUT2D eigenvalue weighted by Crippen LogP contribution is 2.39. The maximum Gasteiger partial charge on any atom is 0.403 e. The minimum atomic E-state index is -4.37. The lowest BCUT2D eigenvalue weighted by molar-refractivity contribution is -0.148. The molecule has 1 saturated heterocycles. The Morgan fingerprint density at radius 3 is 2.77 bits per heavy atom. The van der Waals surface area contributed by atoms with Gasteiger partial charge in [-0.3, -0.25) is 0 Å². The van der Waals surface area contributed by atoms with E-state index in [-0.39, 0.29) is 5.16 Å². The normalized spacial score (nSPS) is 20.7. The van der Waals surface area contributed by atoms with E-state index in [9.17, 15) is 13.2 Å². The molecule has 0 radical (unpaired) electrons. The number of hydrogen-bond donors (Lipinski definition) is 0. The van der Waals surface area contributed by atoms with E-state index in [0.717, 1.165) is 11.4 Å². The molecule has 0 bridgehead atoms. The summed E-state index contributed by atoms with van der Waals surface area (Å²) in [6.45, 7) is 3.99. The molecule has 0 aliphatic carbocycles. The number of alkyl halides is 3. The van der Waals surface area contributed by atoms with Crippen LogP contribution in [0, 0.1) is 13.8 Å². The van der Waals surface area contributed by atoms with Gasteiger partial charge in [-0.2, -0.15) is 18.2 Å². The Bertz CT molecular complexity index is 682. The number of thioether (sulfide) groups is 1. The predicted octanol–water partition coefficient (Wildman–Crippen LogP) is 2.94. The molecule has 0 saturated carbocycles. The molecule has 0 spiro atoms. The van der Waals surface area contributed by atoms with Gasteiger partial charge in [0.15, 0.2) is 0 Å². The topological polar surface area (TPSA) is 52.3 Å². The largest absolute Gasteiger partial charge is 0.403 e. The predicted molar refractivity (Wildman–Crippen MR) is 74.9 cm³/mol. The Morgan fingerprint density at radius 2 is 2.14 bits per heavy atom. The van der Waals surface area contributed by atoms with E-state index in [1.807, 2.05) is 6.92 Å². The summed E-state index contributed by atoms with van der Waals surface area (Å²) in [5, 5.41) is 2.54. The molecule has 3 heterocycles. The number of halogens is 3. The van der Waals surface area contributed by atoms with Crippen LogP contribution in [0.2, 0.25) is 0 Å². The molecule has 2 aromatic heterocycles. The zero-order chi connectivity index (χ0) is 15.9. The lowest BCUT2D eigenvalue weighted by Gasteiger charge is -2.23. The summed E-state index contributed by atoms with van der Waals surface area (Å²) >= 11 is 0.600. The van der Waals surface area contributed by atoms with Crippen LogP contribution in [0.1, 0.15) is 24.2 Å². The van der Waals surface area contributed by atoms with Gasteiger partial charge >= 0.3 is 6.18 Å². The molecule has 2 atom stereocenters. The summed E-state index contributed by atoms with van der Waals surface area (Å²) in [7, 11) is 0. The van der Waals surface area contributed by atoms with E-state index >= 15 is 0 Å². The third kappa shape index (κ3) is 3.05. The van der Waals surface area contributed by atoms with Gasteiger partial charge in [-0.1, -0.05) is 11.8 Å². The number of rotatable bonds is 3. The molecule has 0 amide bonds. The quantitative estimate of drug-likeness (QED) is 0.809. The van der Waals surface area contributed by atoms with E-state index in [1.54, 1.807) is 13.0 Å². The van der Waals surface area contributed by atoms with Crippen LogP contribution in [0.4, 0.5) is 13.2 Å². The zero-order valence-electron chi connectivity index (χ0n) is 12.1. The summed E-state index contributed by atoms with van der Waals surface area (Å²) < 4.78 is 46.5. The summed E-state index contributed by atoms with van der Waals surface area (Å²) in [6.07, 6.45) is -4.15. The van der Waals surface area contributed by atoms with Crippen LogP contribution in [0.25, 0.3) is 5.78 Å². The summed E-state index contributed by atoms with van der Waals surface area (Å²) in [6, 6.07) is 1.80. The van der Waals surface area contributed by atoms with Gasteiger partial charge < -0.3 is 4.74 Å². The molecule has 1 aliphatic heterocycles. The van der Waals surface area contributed by atoms with Crippen LogP contribution in [0.5, 0.6) is 0 Å². The fraction of sp³-hybridized carbons (Fsp3) is 0.615. The van der Waals surface area contributed by atoms with Gasteiger partial charge in [0.1, 0.15) is 5.25 Å². The minimum absolute atomic E-state index is 0.0685. The fourth-order valence-electron chi connectivity index (χ4n) is 2.51. The first-order valence-corrected chi connectivity index (χ1v) is 7.78. The molecule has 0 unspecified atom stereocenters. The first-order chi connectivity index (χ1) is 10.3. The molecule has 0 N–H and O–H groups in total. The third-order valence-corrected chi connectivity index (χ3v) is 4.66. The first kappa shape index (κ1) is 15.5. The van der Waals surface area contributed by atoms with Gasteiger partial charge in [0.2, 0.25) is 5.16 Å². The lowest BCUT2D eigenvalue weighted by atomic mass is 10.2. The zero-order valence-corrected chi connectivity index (χ0v) is 12.9. The summed E-state index contributed by atoms with van der Waals surface area (Å²) in [5.74, 6) is 0.313. The highest BCUT2D eigenvalue weighted by Gasteiger charge is 2.47. The van der Waals surface area contributed by atoms with E-state index in [2.05, 4.69) is 15.1 Å². The maximum atomic E-state index is 13.3. The average molecular weight is 332 g/mol. The minimum Gasteiger partial charge on any atom is -0.377 e. The molecule has 22 heavy (non-hydrogen) atoms. The van der Waals surface area contributed by atoms with Crippen molar-refractivity contribution in [2.24, 2.45) is 0 Å². The molecular weight excluding hydrogens is 317 g/mol. The second-order valence-corrected chi connectivity index (χ2v) is 6.39. The van der Waals surface area contributed by atoms with Crippen molar-refractivity contribution in [3.8, 4) is 0 Å². The SMILES string of the molecule is Cc1cc(C)n2nc(S[C@H]([C@@H]3CCCO3)C(F)(F)F)nc2n1.